The number of Topliss-reactive ketones (excluding diaryl/α,β-unsaturated/α-hetero) is 1. The predicted molar refractivity (Wildman–Crippen MR) is 227 cm³/mol. The van der Waals surface area contributed by atoms with E-state index >= 15 is 0 Å². The van der Waals surface area contributed by atoms with Crippen molar-refractivity contribution in [1.82, 2.24) is 9.88 Å². The summed E-state index contributed by atoms with van der Waals surface area (Å²) in [6, 6.07) is 4.85. The number of oxime groups is 1. The molecule has 58 heavy (non-hydrogen) atoms. The topological polar surface area (TPSA) is 205 Å². The zero-order valence-corrected chi connectivity index (χ0v) is 37.6. The summed E-state index contributed by atoms with van der Waals surface area (Å²) in [5.41, 5.74) is 4.23. The number of pyridine rings is 1. The lowest BCUT2D eigenvalue weighted by molar-refractivity contribution is -0.296. The molecule has 4 heterocycles. The Hall–Kier alpha value is -3.05. The van der Waals surface area contributed by atoms with Crippen molar-refractivity contribution in [2.24, 2.45) is 39.7 Å². The van der Waals surface area contributed by atoms with Crippen LogP contribution in [-0.2, 0) is 38.2 Å². The van der Waals surface area contributed by atoms with Crippen molar-refractivity contribution in [3.05, 3.63) is 23.9 Å². The number of rotatable bonds is 6. The predicted octanol–water partition coefficient (Wildman–Crippen LogP) is 4.33. The van der Waals surface area contributed by atoms with Gasteiger partial charge in [-0.05, 0) is 119 Å². The normalized spacial score (nSPS) is 38.2. The molecule has 3 aliphatic heterocycles. The van der Waals surface area contributed by atoms with Gasteiger partial charge < -0.3 is 44.6 Å². The first-order valence-electron chi connectivity index (χ1n) is 20.1. The monoisotopic (exact) mass is 923 g/mol. The number of anilines is 1. The first kappa shape index (κ1) is 47.6. The number of likely N-dealkylation sites (N-methyl/N-ethyl adjacent to an activating group) is 1. The number of ether oxygens (including phenoxy) is 4. The van der Waals surface area contributed by atoms with Crippen LogP contribution in [0.4, 0.5) is 5.82 Å². The number of carbonyl (C=O) groups excluding carboxylic acids is 3. The van der Waals surface area contributed by atoms with E-state index in [1.54, 1.807) is 32.0 Å². The second kappa shape index (κ2) is 20.5. The smallest absolute Gasteiger partial charge is 0.317 e. The van der Waals surface area contributed by atoms with Crippen LogP contribution in [0.15, 0.2) is 28.3 Å². The first-order valence-corrected chi connectivity index (χ1v) is 21.4. The third kappa shape index (κ3) is 11.6. The van der Waals surface area contributed by atoms with Gasteiger partial charge in [0.05, 0.1) is 30.1 Å². The molecule has 2 bridgehead atoms. The number of aliphatic imine (C=N–C) groups is 1. The Bertz CT molecular complexity index is 1750. The van der Waals surface area contributed by atoms with Crippen molar-refractivity contribution in [2.75, 3.05) is 32.5 Å². The molecule has 0 radical (unpaired) electrons. The SMILES string of the molecule is CCN(C)[C@H]1C[C@@H](C)O[C@@H](O[C@@H]2[C@@H](C)C(=O)[C@@H](C)C(=O)O[C@H](I)[C@@](C)(O)[C@@H]3CC/C(=N\OCC#Cc4cccc(N)n4)CO[C@]2(C)C[C@@H](C)C(=NC(C)=O)[C@@H]3C)[C@@H]1O. The first-order chi connectivity index (χ1) is 27.2. The van der Waals surface area contributed by atoms with Crippen LogP contribution in [0.25, 0.3) is 0 Å². The number of aliphatic hydroxyl groups excluding tert-OH is 1. The molecule has 1 amide bonds. The third-order valence-electron chi connectivity index (χ3n) is 11.9. The van der Waals surface area contributed by atoms with Crippen molar-refractivity contribution < 1.29 is 48.4 Å². The number of nitrogens with two attached hydrogens (primary N) is 1. The number of ketones is 1. The fourth-order valence-corrected chi connectivity index (χ4v) is 9.20. The van der Waals surface area contributed by atoms with Crippen molar-refractivity contribution >= 4 is 57.5 Å². The highest BCUT2D eigenvalue weighted by Crippen LogP contribution is 2.43. The van der Waals surface area contributed by atoms with E-state index in [-0.39, 0.29) is 38.2 Å². The van der Waals surface area contributed by atoms with Crippen LogP contribution in [0.5, 0.6) is 0 Å². The molecule has 3 fully saturated rings. The number of fused-ring (bicyclic) bond motifs is 5. The number of nitrogen functional groups attached to an aromatic ring is 1. The number of nitrogens with zero attached hydrogens (tertiary/aromatic N) is 4. The molecule has 1 aromatic heterocycles. The van der Waals surface area contributed by atoms with Gasteiger partial charge in [0.1, 0.15) is 29.1 Å². The molecule has 0 aromatic carbocycles. The largest absolute Gasteiger partial charge is 0.448 e. The maximum atomic E-state index is 14.4. The maximum Gasteiger partial charge on any atom is 0.317 e. The zero-order valence-electron chi connectivity index (χ0n) is 35.4. The number of amides is 1. The molecule has 4 rings (SSSR count). The van der Waals surface area contributed by atoms with Crippen LogP contribution in [0.3, 0.4) is 0 Å². The third-order valence-corrected chi connectivity index (χ3v) is 13.4. The van der Waals surface area contributed by atoms with Gasteiger partial charge in [-0.3, -0.25) is 14.4 Å². The lowest BCUT2D eigenvalue weighted by atomic mass is 9.70. The summed E-state index contributed by atoms with van der Waals surface area (Å²) in [6.45, 7) is 16.2. The van der Waals surface area contributed by atoms with Gasteiger partial charge in [0, 0.05) is 30.5 Å². The molecule has 0 spiro atoms. The molecule has 0 unspecified atom stereocenters. The molecule has 0 saturated carbocycles. The molecule has 13 atom stereocenters. The summed E-state index contributed by atoms with van der Waals surface area (Å²) in [7, 11) is 1.92. The number of hydrogen-bond donors (Lipinski definition) is 3. The van der Waals surface area contributed by atoms with Gasteiger partial charge in [0.15, 0.2) is 22.8 Å². The van der Waals surface area contributed by atoms with E-state index in [2.05, 4.69) is 27.0 Å². The summed E-state index contributed by atoms with van der Waals surface area (Å²) < 4.78 is 24.8. The average Bonchev–Trinajstić information content (AvgIpc) is 3.17. The number of esters is 1. The average molecular weight is 924 g/mol. The Labute approximate surface area is 356 Å². The fraction of sp³-hybridized carbons (Fsp3) is 0.714. The molecule has 1 aromatic rings. The van der Waals surface area contributed by atoms with Gasteiger partial charge in [-0.1, -0.05) is 44.8 Å². The lowest BCUT2D eigenvalue weighted by Gasteiger charge is -2.47. The molecule has 15 nitrogen and oxygen atoms in total. The number of halogens is 1. The van der Waals surface area contributed by atoms with E-state index in [0.29, 0.717) is 42.3 Å². The van der Waals surface area contributed by atoms with Gasteiger partial charge >= 0.3 is 5.97 Å². The molecule has 0 aliphatic carbocycles. The molecular formula is C42H62IN5O10. The van der Waals surface area contributed by atoms with Crippen molar-refractivity contribution in [1.29, 1.82) is 0 Å². The lowest BCUT2D eigenvalue weighted by Crippen LogP contribution is -2.60. The van der Waals surface area contributed by atoms with Crippen molar-refractivity contribution in [3.8, 4) is 11.8 Å². The standard InChI is InChI=1S/C42H62IN5O10/c1-11-48(10)32-20-24(3)56-39(36(32)51)57-37-26(5)35(50)27(6)38(52)58-40(43)42(9,53)31-18-17-30(47-55-19-13-15-29-14-12-16-33(44)46-29)22-54-41(37,8)21-23(2)34(25(31)4)45-28(7)49/h12,14,16,23-27,31-32,36-37,39-40,51,53H,11,17-22H2,1-10H3,(H2,44,46)/b45-34?,47-30+/t23-,24-,25-,26+,27-,31-,32+,36-,37-,39+,40+,41-,42+/m1/s1. The number of carbonyl (C=O) groups is 3. The molecular weight excluding hydrogens is 861 g/mol. The quantitative estimate of drug-likeness (QED) is 0.0693. The van der Waals surface area contributed by atoms with E-state index in [1.165, 1.54) is 13.8 Å². The van der Waals surface area contributed by atoms with E-state index in [9.17, 15) is 24.6 Å². The minimum Gasteiger partial charge on any atom is -0.448 e. The molecule has 322 valence electrons. The Balaban J connectivity index is 1.89. The minimum absolute atomic E-state index is 0.0787. The maximum absolute atomic E-state index is 14.4. The Kier molecular flexibility index (Phi) is 16.8. The summed E-state index contributed by atoms with van der Waals surface area (Å²) in [4.78, 5) is 57.4. The van der Waals surface area contributed by atoms with Crippen LogP contribution < -0.4 is 5.73 Å². The number of alkyl halides is 1. The fourth-order valence-electron chi connectivity index (χ4n) is 8.48. The summed E-state index contributed by atoms with van der Waals surface area (Å²) >= 11 is 1.89. The highest BCUT2D eigenvalue weighted by atomic mass is 127. The second-order valence-corrected chi connectivity index (χ2v) is 17.6. The minimum atomic E-state index is -1.66. The Morgan fingerprint density at radius 2 is 1.88 bits per heavy atom. The van der Waals surface area contributed by atoms with Crippen molar-refractivity contribution in [2.45, 2.75) is 134 Å². The van der Waals surface area contributed by atoms with Crippen LogP contribution in [0.2, 0.25) is 0 Å². The van der Waals surface area contributed by atoms with Gasteiger partial charge in [-0.25, -0.2) is 9.98 Å². The van der Waals surface area contributed by atoms with Crippen LogP contribution >= 0.6 is 22.6 Å². The molecule has 4 N–H and O–H groups in total. The second-order valence-electron chi connectivity index (χ2n) is 16.5. The number of cyclic esters (lactones) is 1. The van der Waals surface area contributed by atoms with Gasteiger partial charge in [-0.2, -0.15) is 0 Å². The number of aromatic nitrogens is 1. The highest BCUT2D eigenvalue weighted by Gasteiger charge is 2.52. The van der Waals surface area contributed by atoms with E-state index < -0.39 is 81.1 Å². The highest BCUT2D eigenvalue weighted by molar-refractivity contribution is 14.1. The Morgan fingerprint density at radius 1 is 1.17 bits per heavy atom. The molecule has 16 heteroatoms. The molecule has 3 aliphatic rings. The van der Waals surface area contributed by atoms with Gasteiger partial charge in [0.2, 0.25) is 5.91 Å². The van der Waals surface area contributed by atoms with Crippen LogP contribution in [-0.4, -0.2) is 122 Å². The number of aliphatic hydroxyl groups is 2. The van der Waals surface area contributed by atoms with Crippen molar-refractivity contribution in [3.63, 3.8) is 0 Å². The summed E-state index contributed by atoms with van der Waals surface area (Å²) in [6.07, 6.45) is -2.36. The van der Waals surface area contributed by atoms with Crippen LogP contribution in [0.1, 0.15) is 93.7 Å². The number of hydrogen-bond acceptors (Lipinski definition) is 14. The van der Waals surface area contributed by atoms with E-state index in [1.807, 2.05) is 69.2 Å². The van der Waals surface area contributed by atoms with E-state index in [0.717, 1.165) is 0 Å². The molecule has 3 saturated heterocycles. The van der Waals surface area contributed by atoms with E-state index in [4.69, 9.17) is 29.5 Å². The zero-order chi connectivity index (χ0) is 43.1. The van der Waals surface area contributed by atoms with Gasteiger partial charge in [0.25, 0.3) is 0 Å². The summed E-state index contributed by atoms with van der Waals surface area (Å²) in [5, 5.41) is 28.5. The van der Waals surface area contributed by atoms with Gasteiger partial charge in [-0.15, -0.1) is 0 Å². The Morgan fingerprint density at radius 3 is 2.53 bits per heavy atom. The summed E-state index contributed by atoms with van der Waals surface area (Å²) in [5.74, 6) is 0.583. The van der Waals surface area contributed by atoms with Crippen LogP contribution in [0, 0.1) is 41.4 Å².